The second-order valence-electron chi connectivity index (χ2n) is 3.44. The van der Waals surface area contributed by atoms with E-state index in [0.717, 1.165) is 12.8 Å². The molecule has 0 spiro atoms. The molecule has 1 aromatic carbocycles. The third-order valence-electron chi connectivity index (χ3n) is 2.15. The number of hydrogen-bond acceptors (Lipinski definition) is 3. The summed E-state index contributed by atoms with van der Waals surface area (Å²) in [5.74, 6) is 0.172. The predicted molar refractivity (Wildman–Crippen MR) is 69.7 cm³/mol. The average molecular weight is 256 g/mol. The Balaban J connectivity index is 2.67. The summed E-state index contributed by atoms with van der Waals surface area (Å²) in [5, 5.41) is 0. The molecule has 1 rings (SSSR count). The van der Waals surface area contributed by atoms with E-state index in [-0.39, 0.29) is 10.6 Å². The molecule has 0 aliphatic rings. The Kier molecular flexibility index (Phi) is 5.91. The van der Waals surface area contributed by atoms with E-state index in [1.165, 1.54) is 0 Å². The molecule has 0 amide bonds. The van der Waals surface area contributed by atoms with E-state index in [1.807, 2.05) is 6.08 Å². The van der Waals surface area contributed by atoms with Gasteiger partial charge in [0.2, 0.25) is 0 Å². The molecular formula is C13H17FO2S. The molecule has 0 saturated heterocycles. The fourth-order valence-electron chi connectivity index (χ4n) is 1.32. The molecule has 0 atom stereocenters. The first-order valence-electron chi connectivity index (χ1n) is 5.58. The normalized spacial score (nSPS) is 10.1. The molecule has 0 N–H and O–H groups in total. The van der Waals surface area contributed by atoms with E-state index in [9.17, 15) is 4.39 Å². The third kappa shape index (κ3) is 3.97. The zero-order chi connectivity index (χ0) is 12.7. The number of hydrogen-bond donors (Lipinski definition) is 1. The molecule has 0 unspecified atom stereocenters. The van der Waals surface area contributed by atoms with Gasteiger partial charge >= 0.3 is 0 Å². The van der Waals surface area contributed by atoms with Crippen molar-refractivity contribution in [2.75, 3.05) is 13.2 Å². The lowest BCUT2D eigenvalue weighted by Crippen LogP contribution is -2.00. The van der Waals surface area contributed by atoms with Crippen LogP contribution in [0.15, 0.2) is 29.7 Å². The van der Waals surface area contributed by atoms with Crippen LogP contribution in [0, 0.1) is 5.82 Å². The van der Waals surface area contributed by atoms with Gasteiger partial charge in [0.15, 0.2) is 11.6 Å². The predicted octanol–water partition coefficient (Wildman–Crippen LogP) is 3.86. The molecule has 17 heavy (non-hydrogen) atoms. The van der Waals surface area contributed by atoms with Gasteiger partial charge in [-0.05, 0) is 31.9 Å². The summed E-state index contributed by atoms with van der Waals surface area (Å²) in [6.07, 6.45) is 3.55. The fourth-order valence-corrected chi connectivity index (χ4v) is 1.57. The van der Waals surface area contributed by atoms with Gasteiger partial charge in [-0.3, -0.25) is 0 Å². The summed E-state index contributed by atoms with van der Waals surface area (Å²) >= 11 is 4.10. The van der Waals surface area contributed by atoms with Gasteiger partial charge in [0, 0.05) is 0 Å². The van der Waals surface area contributed by atoms with Crippen LogP contribution in [0.5, 0.6) is 11.5 Å². The molecule has 1 aromatic rings. The third-order valence-corrected chi connectivity index (χ3v) is 2.57. The highest BCUT2D eigenvalue weighted by Gasteiger charge is 2.12. The van der Waals surface area contributed by atoms with Gasteiger partial charge in [0.1, 0.15) is 5.75 Å². The fraction of sp³-hybridized carbons (Fsp3) is 0.385. The van der Waals surface area contributed by atoms with Gasteiger partial charge in [-0.15, -0.1) is 19.2 Å². The molecular weight excluding hydrogens is 239 g/mol. The maximum absolute atomic E-state index is 13.7. The molecule has 2 nitrogen and oxygen atoms in total. The number of allylic oxidation sites excluding steroid dienone is 1. The maximum Gasteiger partial charge on any atom is 0.182 e. The van der Waals surface area contributed by atoms with E-state index >= 15 is 0 Å². The van der Waals surface area contributed by atoms with Crippen molar-refractivity contribution in [3.63, 3.8) is 0 Å². The first kappa shape index (κ1) is 13.9. The number of ether oxygens (including phenoxy) is 2. The summed E-state index contributed by atoms with van der Waals surface area (Å²) in [4.78, 5) is 0.189. The number of halogens is 1. The summed E-state index contributed by atoms with van der Waals surface area (Å²) in [7, 11) is 0. The molecule has 0 aliphatic carbocycles. The van der Waals surface area contributed by atoms with E-state index < -0.39 is 5.82 Å². The van der Waals surface area contributed by atoms with Crippen molar-refractivity contribution in [3.05, 3.63) is 30.6 Å². The van der Waals surface area contributed by atoms with Crippen LogP contribution in [0.1, 0.15) is 19.8 Å². The Bertz CT molecular complexity index is 380. The van der Waals surface area contributed by atoms with Crippen LogP contribution in [0.4, 0.5) is 4.39 Å². The Labute approximate surface area is 107 Å². The van der Waals surface area contributed by atoms with E-state index in [4.69, 9.17) is 9.47 Å². The lowest BCUT2D eigenvalue weighted by molar-refractivity contribution is 0.291. The molecule has 0 fully saturated rings. The van der Waals surface area contributed by atoms with Crippen LogP contribution < -0.4 is 9.47 Å². The second kappa shape index (κ2) is 7.22. The van der Waals surface area contributed by atoms with Crippen molar-refractivity contribution in [2.24, 2.45) is 0 Å². The monoisotopic (exact) mass is 256 g/mol. The summed E-state index contributed by atoms with van der Waals surface area (Å²) in [6, 6.07) is 3.23. The molecule has 0 radical (unpaired) electrons. The van der Waals surface area contributed by atoms with Gasteiger partial charge in [-0.2, -0.15) is 0 Å². The standard InChI is InChI=1S/C13H17FO2S/c1-3-5-6-9-16-11-8-7-10(15-4-2)12(14)13(11)17/h3,7-8,17H,1,4-6,9H2,2H3. The summed E-state index contributed by atoms with van der Waals surface area (Å²) in [6.45, 7) is 6.37. The lowest BCUT2D eigenvalue weighted by atomic mass is 10.3. The highest BCUT2D eigenvalue weighted by molar-refractivity contribution is 7.80. The van der Waals surface area contributed by atoms with E-state index in [2.05, 4.69) is 19.2 Å². The van der Waals surface area contributed by atoms with Crippen LogP contribution in [0.2, 0.25) is 0 Å². The van der Waals surface area contributed by atoms with Gasteiger partial charge in [-0.25, -0.2) is 4.39 Å². The molecule has 0 heterocycles. The maximum atomic E-state index is 13.7. The van der Waals surface area contributed by atoms with Crippen molar-refractivity contribution in [1.29, 1.82) is 0 Å². The summed E-state index contributed by atoms with van der Waals surface area (Å²) in [5.41, 5.74) is 0. The van der Waals surface area contributed by atoms with Crippen molar-refractivity contribution in [1.82, 2.24) is 0 Å². The topological polar surface area (TPSA) is 18.5 Å². The highest BCUT2D eigenvalue weighted by atomic mass is 32.1. The largest absolute Gasteiger partial charge is 0.492 e. The van der Waals surface area contributed by atoms with Gasteiger partial charge in [0.05, 0.1) is 18.1 Å². The zero-order valence-electron chi connectivity index (χ0n) is 9.91. The molecule has 0 saturated carbocycles. The van der Waals surface area contributed by atoms with Crippen LogP contribution in [-0.4, -0.2) is 13.2 Å². The minimum atomic E-state index is -0.476. The van der Waals surface area contributed by atoms with Crippen LogP contribution in [-0.2, 0) is 0 Å². The smallest absolute Gasteiger partial charge is 0.182 e. The molecule has 0 bridgehead atoms. The van der Waals surface area contributed by atoms with Gasteiger partial charge in [0.25, 0.3) is 0 Å². The van der Waals surface area contributed by atoms with Crippen molar-refractivity contribution < 1.29 is 13.9 Å². The SMILES string of the molecule is C=CCCCOc1ccc(OCC)c(F)c1S. The number of benzene rings is 1. The Hall–Kier alpha value is -1.16. The van der Waals surface area contributed by atoms with Crippen molar-refractivity contribution >= 4 is 12.6 Å². The average Bonchev–Trinajstić information content (AvgIpc) is 2.33. The Morgan fingerprint density at radius 3 is 2.71 bits per heavy atom. The van der Waals surface area contributed by atoms with Crippen molar-refractivity contribution in [3.8, 4) is 11.5 Å². The quantitative estimate of drug-likeness (QED) is 0.453. The first-order chi connectivity index (χ1) is 8.20. The number of thiol groups is 1. The van der Waals surface area contributed by atoms with E-state index in [1.54, 1.807) is 19.1 Å². The minimum Gasteiger partial charge on any atom is -0.492 e. The van der Waals surface area contributed by atoms with E-state index in [0.29, 0.717) is 19.0 Å². The minimum absolute atomic E-state index is 0.189. The molecule has 0 aliphatic heterocycles. The lowest BCUT2D eigenvalue weighted by Gasteiger charge is -2.11. The zero-order valence-corrected chi connectivity index (χ0v) is 10.8. The Morgan fingerprint density at radius 2 is 2.06 bits per heavy atom. The molecule has 4 heteroatoms. The summed E-state index contributed by atoms with van der Waals surface area (Å²) < 4.78 is 24.3. The van der Waals surface area contributed by atoms with Gasteiger partial charge < -0.3 is 9.47 Å². The Morgan fingerprint density at radius 1 is 1.35 bits per heavy atom. The first-order valence-corrected chi connectivity index (χ1v) is 6.03. The van der Waals surface area contributed by atoms with Crippen LogP contribution in [0.3, 0.4) is 0 Å². The number of unbranched alkanes of at least 4 members (excludes halogenated alkanes) is 1. The van der Waals surface area contributed by atoms with Crippen LogP contribution in [0.25, 0.3) is 0 Å². The van der Waals surface area contributed by atoms with Gasteiger partial charge in [-0.1, -0.05) is 6.08 Å². The highest BCUT2D eigenvalue weighted by Crippen LogP contribution is 2.32. The van der Waals surface area contributed by atoms with Crippen molar-refractivity contribution in [2.45, 2.75) is 24.7 Å². The molecule has 94 valence electrons. The second-order valence-corrected chi connectivity index (χ2v) is 3.88. The number of rotatable bonds is 7. The molecule has 0 aromatic heterocycles. The van der Waals surface area contributed by atoms with Crippen LogP contribution >= 0.6 is 12.6 Å².